The Bertz CT molecular complexity index is 163. The summed E-state index contributed by atoms with van der Waals surface area (Å²) < 4.78 is 0. The zero-order valence-corrected chi connectivity index (χ0v) is 7.34. The van der Waals surface area contributed by atoms with E-state index < -0.39 is 0 Å². The average Bonchev–Trinajstić information content (AvgIpc) is 2.41. The van der Waals surface area contributed by atoms with Crippen LogP contribution in [0, 0.1) is 0 Å². The van der Waals surface area contributed by atoms with Crippen molar-refractivity contribution >= 4 is 28.2 Å². The molecule has 10 heavy (non-hydrogen) atoms. The molecule has 0 aliphatic carbocycles. The summed E-state index contributed by atoms with van der Waals surface area (Å²) in [4.78, 5) is 0. The van der Waals surface area contributed by atoms with E-state index in [1.165, 1.54) is 11.3 Å². The number of rotatable bonds is 4. The first-order valence-electron chi connectivity index (χ1n) is 2.92. The highest BCUT2D eigenvalue weighted by molar-refractivity contribution is 7.98. The Labute approximate surface area is 68.2 Å². The second-order valence-corrected chi connectivity index (χ2v) is 3.48. The third-order valence-corrected chi connectivity index (χ3v) is 2.20. The molecule has 0 amide bonds. The summed E-state index contributed by atoms with van der Waals surface area (Å²) in [6, 6.07) is 0. The summed E-state index contributed by atoms with van der Waals surface area (Å²) >= 11 is 3.35. The fraction of sp³-hybridized carbons (Fsp3) is 0.600. The fourth-order valence-electron chi connectivity index (χ4n) is 0.510. The molecule has 5 heteroatoms. The van der Waals surface area contributed by atoms with Gasteiger partial charge in [0.05, 0.1) is 0 Å². The normalized spacial score (nSPS) is 9.70. The van der Waals surface area contributed by atoms with Crippen molar-refractivity contribution in [2.75, 3.05) is 23.9 Å². The van der Waals surface area contributed by atoms with Gasteiger partial charge in [-0.25, -0.2) is 0 Å². The molecule has 0 atom stereocenters. The van der Waals surface area contributed by atoms with Crippen LogP contribution in [0.4, 0.5) is 5.13 Å². The van der Waals surface area contributed by atoms with Gasteiger partial charge in [0.25, 0.3) is 0 Å². The lowest BCUT2D eigenvalue weighted by atomic mass is 10.7. The van der Waals surface area contributed by atoms with E-state index in [-0.39, 0.29) is 0 Å². The van der Waals surface area contributed by atoms with E-state index in [1.807, 2.05) is 11.8 Å². The molecule has 0 radical (unpaired) electrons. The Balaban J connectivity index is 2.15. The van der Waals surface area contributed by atoms with Gasteiger partial charge in [-0.15, -0.1) is 10.2 Å². The number of hydrogen-bond acceptors (Lipinski definition) is 5. The maximum Gasteiger partial charge on any atom is 0.205 e. The van der Waals surface area contributed by atoms with Crippen molar-refractivity contribution < 1.29 is 0 Å². The maximum atomic E-state index is 3.84. The Morgan fingerprint density at radius 2 is 2.70 bits per heavy atom. The van der Waals surface area contributed by atoms with Crippen molar-refractivity contribution in [3.05, 3.63) is 5.51 Å². The van der Waals surface area contributed by atoms with Crippen LogP contribution in [0.25, 0.3) is 0 Å². The monoisotopic (exact) mass is 175 g/mol. The fourth-order valence-corrected chi connectivity index (χ4v) is 1.29. The third kappa shape index (κ3) is 2.53. The van der Waals surface area contributed by atoms with E-state index in [1.54, 1.807) is 5.51 Å². The molecule has 0 saturated heterocycles. The van der Waals surface area contributed by atoms with Gasteiger partial charge in [0.1, 0.15) is 5.51 Å². The van der Waals surface area contributed by atoms with E-state index >= 15 is 0 Å². The first kappa shape index (κ1) is 7.81. The van der Waals surface area contributed by atoms with Crippen LogP contribution in [0.5, 0.6) is 0 Å². The van der Waals surface area contributed by atoms with Crippen LogP contribution in [0.3, 0.4) is 0 Å². The van der Waals surface area contributed by atoms with E-state index in [0.717, 1.165) is 17.4 Å². The number of thioether (sulfide) groups is 1. The topological polar surface area (TPSA) is 37.8 Å². The Morgan fingerprint density at radius 1 is 1.80 bits per heavy atom. The van der Waals surface area contributed by atoms with Gasteiger partial charge < -0.3 is 5.32 Å². The van der Waals surface area contributed by atoms with Gasteiger partial charge in [0, 0.05) is 12.3 Å². The van der Waals surface area contributed by atoms with Crippen molar-refractivity contribution in [3.63, 3.8) is 0 Å². The summed E-state index contributed by atoms with van der Waals surface area (Å²) in [6.07, 6.45) is 2.09. The standard InChI is InChI=1S/C5H9N3S2/c1-9-3-2-6-5-8-7-4-10-5/h4H,2-3H2,1H3,(H,6,8). The van der Waals surface area contributed by atoms with Crippen molar-refractivity contribution in [2.45, 2.75) is 0 Å². The molecule has 1 N–H and O–H groups in total. The predicted octanol–water partition coefficient (Wildman–Crippen LogP) is 1.31. The SMILES string of the molecule is CSCCNc1nncs1. The van der Waals surface area contributed by atoms with Crippen LogP contribution < -0.4 is 5.32 Å². The van der Waals surface area contributed by atoms with Gasteiger partial charge in [-0.3, -0.25) is 0 Å². The highest BCUT2D eigenvalue weighted by Gasteiger charge is 1.91. The quantitative estimate of drug-likeness (QED) is 0.700. The molecule has 0 saturated carbocycles. The van der Waals surface area contributed by atoms with Gasteiger partial charge in [-0.05, 0) is 6.26 Å². The summed E-state index contributed by atoms with van der Waals surface area (Å²) in [6.45, 7) is 0.969. The molecule has 1 heterocycles. The molecule has 0 fully saturated rings. The van der Waals surface area contributed by atoms with Gasteiger partial charge in [0.2, 0.25) is 5.13 Å². The zero-order valence-electron chi connectivity index (χ0n) is 5.70. The van der Waals surface area contributed by atoms with E-state index in [2.05, 4.69) is 21.8 Å². The van der Waals surface area contributed by atoms with Gasteiger partial charge in [-0.2, -0.15) is 11.8 Å². The van der Waals surface area contributed by atoms with Crippen LogP contribution in [-0.2, 0) is 0 Å². The first-order valence-corrected chi connectivity index (χ1v) is 5.20. The molecule has 0 unspecified atom stereocenters. The van der Waals surface area contributed by atoms with Crippen LogP contribution in [0.2, 0.25) is 0 Å². The second-order valence-electron chi connectivity index (χ2n) is 1.66. The Kier molecular flexibility index (Phi) is 3.53. The van der Waals surface area contributed by atoms with Gasteiger partial charge in [0.15, 0.2) is 0 Å². The number of aromatic nitrogens is 2. The molecular formula is C5H9N3S2. The molecule has 0 aliphatic rings. The van der Waals surface area contributed by atoms with Crippen LogP contribution in [0.1, 0.15) is 0 Å². The van der Waals surface area contributed by atoms with E-state index in [9.17, 15) is 0 Å². The minimum atomic E-state index is 0.911. The average molecular weight is 175 g/mol. The molecular weight excluding hydrogens is 166 g/mol. The lowest BCUT2D eigenvalue weighted by Gasteiger charge is -1.96. The summed E-state index contributed by atoms with van der Waals surface area (Å²) in [7, 11) is 0. The molecule has 0 spiro atoms. The molecule has 0 aromatic carbocycles. The van der Waals surface area contributed by atoms with Crippen molar-refractivity contribution in [2.24, 2.45) is 0 Å². The van der Waals surface area contributed by atoms with Crippen molar-refractivity contribution in [3.8, 4) is 0 Å². The summed E-state index contributed by atoms with van der Waals surface area (Å²) in [5.74, 6) is 1.11. The smallest absolute Gasteiger partial charge is 0.205 e. The molecule has 0 bridgehead atoms. The molecule has 1 aromatic rings. The van der Waals surface area contributed by atoms with E-state index in [0.29, 0.717) is 0 Å². The maximum absolute atomic E-state index is 3.84. The molecule has 0 aliphatic heterocycles. The highest BCUT2D eigenvalue weighted by Crippen LogP contribution is 2.07. The predicted molar refractivity (Wildman–Crippen MR) is 46.8 cm³/mol. The summed E-state index contributed by atoms with van der Waals surface area (Å²) in [5, 5.41) is 11.6. The zero-order chi connectivity index (χ0) is 7.23. The molecule has 1 rings (SSSR count). The molecule has 56 valence electrons. The highest BCUT2D eigenvalue weighted by atomic mass is 32.2. The van der Waals surface area contributed by atoms with Gasteiger partial charge in [-0.1, -0.05) is 11.3 Å². The minimum Gasteiger partial charge on any atom is -0.359 e. The largest absolute Gasteiger partial charge is 0.359 e. The Hall–Kier alpha value is -0.290. The van der Waals surface area contributed by atoms with Gasteiger partial charge >= 0.3 is 0 Å². The lowest BCUT2D eigenvalue weighted by molar-refractivity contribution is 1.07. The van der Waals surface area contributed by atoms with Crippen LogP contribution in [-0.4, -0.2) is 28.8 Å². The number of nitrogens with one attached hydrogen (secondary N) is 1. The van der Waals surface area contributed by atoms with E-state index in [4.69, 9.17) is 0 Å². The number of anilines is 1. The van der Waals surface area contributed by atoms with Crippen molar-refractivity contribution in [1.82, 2.24) is 10.2 Å². The number of nitrogens with zero attached hydrogens (tertiary/aromatic N) is 2. The summed E-state index contributed by atoms with van der Waals surface area (Å²) in [5.41, 5.74) is 1.72. The lowest BCUT2D eigenvalue weighted by Crippen LogP contribution is -2.02. The number of hydrogen-bond donors (Lipinski definition) is 1. The van der Waals surface area contributed by atoms with Crippen LogP contribution in [0.15, 0.2) is 5.51 Å². The molecule has 1 aromatic heterocycles. The first-order chi connectivity index (χ1) is 4.93. The second kappa shape index (κ2) is 4.51. The van der Waals surface area contributed by atoms with Crippen LogP contribution >= 0.6 is 23.1 Å². The molecule has 3 nitrogen and oxygen atoms in total. The Morgan fingerprint density at radius 3 is 3.30 bits per heavy atom. The minimum absolute atomic E-state index is 0.911. The van der Waals surface area contributed by atoms with Crippen molar-refractivity contribution in [1.29, 1.82) is 0 Å². The third-order valence-electron chi connectivity index (χ3n) is 0.942.